The molecule has 1 N–H and O–H groups in total. The lowest BCUT2D eigenvalue weighted by Crippen LogP contribution is -2.36. The number of unbranched alkanes of at least 4 members (excludes halogenated alkanes) is 2. The molecule has 1 amide bonds. The number of hydrogen-bond donors (Lipinski definition) is 1. The van der Waals surface area contributed by atoms with Crippen molar-refractivity contribution < 1.29 is 14.3 Å². The number of benzene rings is 1. The quantitative estimate of drug-likeness (QED) is 0.579. The first kappa shape index (κ1) is 15.2. The standard InChI is InChI=1S/C15H21NO3/c1-2-3-5-10-14(11-17)16-15(18)19-12-13-8-6-4-7-9-13/h4,6-9,11,14H,2-3,5,10,12H2,1H3,(H,16,18). The number of carbonyl (C=O) groups is 2. The first-order valence-electron chi connectivity index (χ1n) is 6.68. The topological polar surface area (TPSA) is 55.4 Å². The molecule has 4 nitrogen and oxygen atoms in total. The van der Waals surface area contributed by atoms with Crippen molar-refractivity contribution in [1.82, 2.24) is 5.32 Å². The molecule has 104 valence electrons. The second-order valence-electron chi connectivity index (χ2n) is 4.44. The SMILES string of the molecule is CCCCCC(C=O)NC(=O)OCc1ccccc1. The predicted octanol–water partition coefficient (Wildman–Crippen LogP) is 3.06. The van der Waals surface area contributed by atoms with Gasteiger partial charge in [0.2, 0.25) is 0 Å². The van der Waals surface area contributed by atoms with Crippen molar-refractivity contribution in [3.8, 4) is 0 Å². The molecule has 4 heteroatoms. The van der Waals surface area contributed by atoms with E-state index in [1.54, 1.807) is 0 Å². The fraction of sp³-hybridized carbons (Fsp3) is 0.467. The lowest BCUT2D eigenvalue weighted by Gasteiger charge is -2.12. The first-order valence-corrected chi connectivity index (χ1v) is 6.68. The molecule has 0 bridgehead atoms. The third kappa shape index (κ3) is 6.60. The molecule has 0 aliphatic carbocycles. The Bertz CT molecular complexity index is 378. The van der Waals surface area contributed by atoms with Crippen LogP contribution in [0.15, 0.2) is 30.3 Å². The van der Waals surface area contributed by atoms with E-state index in [9.17, 15) is 9.59 Å². The monoisotopic (exact) mass is 263 g/mol. The van der Waals surface area contributed by atoms with E-state index >= 15 is 0 Å². The molecule has 19 heavy (non-hydrogen) atoms. The van der Waals surface area contributed by atoms with Gasteiger partial charge in [-0.1, -0.05) is 56.5 Å². The molecule has 1 unspecified atom stereocenters. The van der Waals surface area contributed by atoms with Gasteiger partial charge in [0, 0.05) is 0 Å². The second kappa shape index (κ2) is 9.14. The van der Waals surface area contributed by atoms with Crippen LogP contribution >= 0.6 is 0 Å². The molecule has 1 rings (SSSR count). The van der Waals surface area contributed by atoms with Gasteiger partial charge < -0.3 is 14.8 Å². The summed E-state index contributed by atoms with van der Waals surface area (Å²) in [7, 11) is 0. The van der Waals surface area contributed by atoms with Crippen LogP contribution in [0.4, 0.5) is 4.79 Å². The highest BCUT2D eigenvalue weighted by atomic mass is 16.5. The summed E-state index contributed by atoms with van der Waals surface area (Å²) in [4.78, 5) is 22.4. The minimum absolute atomic E-state index is 0.215. The number of alkyl carbamates (subject to hydrolysis) is 1. The summed E-state index contributed by atoms with van der Waals surface area (Å²) in [5.41, 5.74) is 0.922. The van der Waals surface area contributed by atoms with Crippen LogP contribution in [0.3, 0.4) is 0 Å². The smallest absolute Gasteiger partial charge is 0.408 e. The Kier molecular flexibility index (Phi) is 7.32. The zero-order valence-electron chi connectivity index (χ0n) is 11.3. The Labute approximate surface area is 114 Å². The first-order chi connectivity index (χ1) is 9.26. The number of ether oxygens (including phenoxy) is 1. The third-order valence-electron chi connectivity index (χ3n) is 2.80. The summed E-state index contributed by atoms with van der Waals surface area (Å²) in [6.07, 6.45) is 3.96. The number of rotatable bonds is 8. The number of nitrogens with one attached hydrogen (secondary N) is 1. The maximum atomic E-state index is 11.5. The van der Waals surface area contributed by atoms with Crippen molar-refractivity contribution in [2.45, 2.75) is 45.3 Å². The summed E-state index contributed by atoms with van der Waals surface area (Å²) in [6, 6.07) is 8.98. The Morgan fingerprint density at radius 3 is 2.68 bits per heavy atom. The molecule has 0 saturated heterocycles. The Hall–Kier alpha value is -1.84. The molecular formula is C15H21NO3. The van der Waals surface area contributed by atoms with Crippen LogP contribution in [0.2, 0.25) is 0 Å². The van der Waals surface area contributed by atoms with Gasteiger partial charge in [-0.15, -0.1) is 0 Å². The maximum absolute atomic E-state index is 11.5. The second-order valence-corrected chi connectivity index (χ2v) is 4.44. The summed E-state index contributed by atoms with van der Waals surface area (Å²) < 4.78 is 5.06. The minimum atomic E-state index is -0.544. The highest BCUT2D eigenvalue weighted by Gasteiger charge is 2.11. The van der Waals surface area contributed by atoms with E-state index in [0.717, 1.165) is 31.1 Å². The maximum Gasteiger partial charge on any atom is 0.408 e. The fourth-order valence-corrected chi connectivity index (χ4v) is 1.70. The van der Waals surface area contributed by atoms with E-state index in [1.165, 1.54) is 0 Å². The van der Waals surface area contributed by atoms with Crippen LogP contribution in [0.1, 0.15) is 38.2 Å². The molecule has 1 atom stereocenters. The van der Waals surface area contributed by atoms with Crippen LogP contribution in [0.5, 0.6) is 0 Å². The van der Waals surface area contributed by atoms with Crippen molar-refractivity contribution in [2.24, 2.45) is 0 Å². The van der Waals surface area contributed by atoms with Crippen LogP contribution in [-0.4, -0.2) is 18.4 Å². The summed E-state index contributed by atoms with van der Waals surface area (Å²) in [6.45, 7) is 2.31. The van der Waals surface area contributed by atoms with Crippen LogP contribution in [0.25, 0.3) is 0 Å². The van der Waals surface area contributed by atoms with Crippen molar-refractivity contribution in [2.75, 3.05) is 0 Å². The van der Waals surface area contributed by atoms with Crippen LogP contribution < -0.4 is 5.32 Å². The highest BCUT2D eigenvalue weighted by molar-refractivity contribution is 5.73. The van der Waals surface area contributed by atoms with E-state index in [4.69, 9.17) is 4.74 Å². The van der Waals surface area contributed by atoms with Gasteiger partial charge in [0.1, 0.15) is 12.9 Å². The van der Waals surface area contributed by atoms with E-state index in [-0.39, 0.29) is 6.61 Å². The van der Waals surface area contributed by atoms with Crippen molar-refractivity contribution >= 4 is 12.4 Å². The Balaban J connectivity index is 2.27. The Morgan fingerprint density at radius 1 is 1.32 bits per heavy atom. The molecule has 0 aliphatic heterocycles. The van der Waals surface area contributed by atoms with Gasteiger partial charge in [0.25, 0.3) is 0 Å². The van der Waals surface area contributed by atoms with Crippen molar-refractivity contribution in [3.05, 3.63) is 35.9 Å². The van der Waals surface area contributed by atoms with E-state index in [1.807, 2.05) is 30.3 Å². The van der Waals surface area contributed by atoms with Crippen molar-refractivity contribution in [3.63, 3.8) is 0 Å². The number of amides is 1. The van der Waals surface area contributed by atoms with Gasteiger partial charge in [0.15, 0.2) is 0 Å². The molecule has 0 spiro atoms. The van der Waals surface area contributed by atoms with Gasteiger partial charge >= 0.3 is 6.09 Å². The molecule has 0 saturated carbocycles. The van der Waals surface area contributed by atoms with E-state index in [2.05, 4.69) is 12.2 Å². The summed E-state index contributed by atoms with van der Waals surface area (Å²) >= 11 is 0. The Morgan fingerprint density at radius 2 is 2.05 bits per heavy atom. The number of aldehydes is 1. The zero-order valence-corrected chi connectivity index (χ0v) is 11.3. The largest absolute Gasteiger partial charge is 0.445 e. The van der Waals surface area contributed by atoms with Gasteiger partial charge in [-0.25, -0.2) is 4.79 Å². The number of hydrogen-bond acceptors (Lipinski definition) is 3. The normalized spacial score (nSPS) is 11.6. The third-order valence-corrected chi connectivity index (χ3v) is 2.80. The summed E-state index contributed by atoms with van der Waals surface area (Å²) in [5.74, 6) is 0. The molecule has 0 heterocycles. The van der Waals surface area contributed by atoms with Gasteiger partial charge in [-0.3, -0.25) is 0 Å². The lowest BCUT2D eigenvalue weighted by molar-refractivity contribution is -0.109. The average Bonchev–Trinajstić information content (AvgIpc) is 2.45. The lowest BCUT2D eigenvalue weighted by atomic mass is 10.1. The molecule has 0 radical (unpaired) electrons. The highest BCUT2D eigenvalue weighted by Crippen LogP contribution is 2.03. The van der Waals surface area contributed by atoms with Gasteiger partial charge in [-0.2, -0.15) is 0 Å². The zero-order chi connectivity index (χ0) is 13.9. The summed E-state index contributed by atoms with van der Waals surface area (Å²) in [5, 5.41) is 2.57. The fourth-order valence-electron chi connectivity index (χ4n) is 1.70. The average molecular weight is 263 g/mol. The van der Waals surface area contributed by atoms with E-state index in [0.29, 0.717) is 6.42 Å². The molecule has 0 aliphatic rings. The molecule has 1 aromatic rings. The number of carbonyl (C=O) groups excluding carboxylic acids is 2. The van der Waals surface area contributed by atoms with Gasteiger partial charge in [0.05, 0.1) is 6.04 Å². The van der Waals surface area contributed by atoms with Gasteiger partial charge in [-0.05, 0) is 12.0 Å². The predicted molar refractivity (Wildman–Crippen MR) is 73.8 cm³/mol. The molecule has 0 fully saturated rings. The molecule has 1 aromatic carbocycles. The van der Waals surface area contributed by atoms with Crippen LogP contribution in [0, 0.1) is 0 Å². The minimum Gasteiger partial charge on any atom is -0.445 e. The molecule has 0 aromatic heterocycles. The van der Waals surface area contributed by atoms with Crippen LogP contribution in [-0.2, 0) is 16.1 Å². The molecular weight excluding hydrogens is 242 g/mol. The van der Waals surface area contributed by atoms with E-state index < -0.39 is 12.1 Å². The van der Waals surface area contributed by atoms with Crippen molar-refractivity contribution in [1.29, 1.82) is 0 Å².